The smallest absolute Gasteiger partial charge is 0.407 e. The molecule has 23 heavy (non-hydrogen) atoms. The summed E-state index contributed by atoms with van der Waals surface area (Å²) in [5, 5.41) is 29.9. The Morgan fingerprint density at radius 3 is 2.61 bits per heavy atom. The number of benzene rings is 1. The second-order valence-electron chi connectivity index (χ2n) is 5.66. The van der Waals surface area contributed by atoms with Crippen molar-refractivity contribution in [2.24, 2.45) is 0 Å². The highest BCUT2D eigenvalue weighted by atomic mass is 16.5. The van der Waals surface area contributed by atoms with Crippen LogP contribution in [0.2, 0.25) is 0 Å². The number of hydrogen-bond acceptors (Lipinski definition) is 5. The Kier molecular flexibility index (Phi) is 5.95. The number of carbonyl (C=O) groups is 1. The Bertz CT molecular complexity index is 520. The number of hydrogen-bond donors (Lipinski definition) is 3. The zero-order valence-corrected chi connectivity index (χ0v) is 13.1. The maximum absolute atomic E-state index is 10.9. The molecule has 0 bridgehead atoms. The Morgan fingerprint density at radius 2 is 2.04 bits per heavy atom. The first-order valence-electron chi connectivity index (χ1n) is 7.52. The molecule has 1 saturated heterocycles. The molecular weight excluding hydrogens is 302 g/mol. The fraction of sp³-hybridized carbons (Fsp3) is 0.562. The molecule has 0 aliphatic carbocycles. The number of aliphatic hydroxyl groups is 2. The van der Waals surface area contributed by atoms with Gasteiger partial charge >= 0.3 is 6.09 Å². The molecule has 1 aliphatic heterocycles. The van der Waals surface area contributed by atoms with Gasteiger partial charge in [-0.15, -0.1) is 0 Å². The topological polar surface area (TPSA) is 99.5 Å². The fourth-order valence-corrected chi connectivity index (χ4v) is 2.66. The number of aliphatic hydroxyl groups excluding tert-OH is 1. The first kappa shape index (κ1) is 17.7. The van der Waals surface area contributed by atoms with Crippen LogP contribution in [-0.2, 0) is 21.7 Å². The third-order valence-electron chi connectivity index (χ3n) is 4.13. The lowest BCUT2D eigenvalue weighted by atomic mass is 9.82. The normalized spacial score (nSPS) is 24.7. The van der Waals surface area contributed by atoms with Crippen LogP contribution in [0.5, 0.6) is 0 Å². The fourth-order valence-electron chi connectivity index (χ4n) is 2.66. The van der Waals surface area contributed by atoms with Crippen molar-refractivity contribution in [2.75, 3.05) is 33.4 Å². The van der Waals surface area contributed by atoms with Gasteiger partial charge in [-0.3, -0.25) is 0 Å². The Labute approximate surface area is 135 Å². The summed E-state index contributed by atoms with van der Waals surface area (Å²) in [6.07, 6.45) is -2.09. The van der Waals surface area contributed by atoms with Crippen molar-refractivity contribution in [3.05, 3.63) is 35.4 Å². The van der Waals surface area contributed by atoms with Gasteiger partial charge in [-0.1, -0.05) is 24.3 Å². The predicted octanol–water partition coefficient (Wildman–Crippen LogP) is 0.782. The van der Waals surface area contributed by atoms with Gasteiger partial charge in [0.25, 0.3) is 0 Å². The van der Waals surface area contributed by atoms with Crippen LogP contribution in [0.25, 0.3) is 0 Å². The lowest BCUT2D eigenvalue weighted by Crippen LogP contribution is -2.54. The summed E-state index contributed by atoms with van der Waals surface area (Å²) in [6.45, 7) is 1.56. The summed E-state index contributed by atoms with van der Waals surface area (Å²) < 4.78 is 10.3. The standard InChI is InChI=1S/C16H23NO6/c1-22-8-9-23-11-12-2-4-13(5-3-12)16(21)6-7-17(15(19)20)10-14(16)18/h2-5,14,18,21H,6-11H2,1H3,(H,19,20)/t14-,16-/m0/s1. The highest BCUT2D eigenvalue weighted by molar-refractivity contribution is 5.65. The van der Waals surface area contributed by atoms with Crippen LogP contribution in [0.4, 0.5) is 4.79 Å². The van der Waals surface area contributed by atoms with Gasteiger partial charge in [0, 0.05) is 20.1 Å². The maximum Gasteiger partial charge on any atom is 0.407 e. The van der Waals surface area contributed by atoms with Crippen LogP contribution < -0.4 is 0 Å². The van der Waals surface area contributed by atoms with Gasteiger partial charge in [-0.2, -0.15) is 0 Å². The van der Waals surface area contributed by atoms with Crippen LogP contribution >= 0.6 is 0 Å². The molecule has 0 saturated carbocycles. The number of likely N-dealkylation sites (tertiary alicyclic amines) is 1. The first-order chi connectivity index (χ1) is 11.0. The molecule has 1 heterocycles. The molecule has 7 nitrogen and oxygen atoms in total. The molecule has 1 aliphatic rings. The van der Waals surface area contributed by atoms with E-state index in [2.05, 4.69) is 0 Å². The van der Waals surface area contributed by atoms with Gasteiger partial charge in [0.2, 0.25) is 0 Å². The van der Waals surface area contributed by atoms with Crippen LogP contribution in [0, 0.1) is 0 Å². The van der Waals surface area contributed by atoms with Crippen molar-refractivity contribution < 1.29 is 29.6 Å². The maximum atomic E-state index is 10.9. The van der Waals surface area contributed by atoms with E-state index in [1.54, 1.807) is 19.2 Å². The number of nitrogens with zero attached hydrogens (tertiary/aromatic N) is 1. The molecule has 1 aromatic carbocycles. The van der Waals surface area contributed by atoms with Crippen molar-refractivity contribution in [1.82, 2.24) is 4.90 Å². The quantitative estimate of drug-likeness (QED) is 0.669. The number of rotatable bonds is 6. The average Bonchev–Trinajstić information content (AvgIpc) is 2.54. The number of β-amino-alcohol motifs (C(OH)–C–C–N with tert-alkyl or cyclic N) is 1. The Morgan fingerprint density at radius 1 is 1.35 bits per heavy atom. The van der Waals surface area contributed by atoms with Crippen LogP contribution in [0.1, 0.15) is 17.5 Å². The van der Waals surface area contributed by atoms with Crippen molar-refractivity contribution >= 4 is 6.09 Å². The summed E-state index contributed by atoms with van der Waals surface area (Å²) >= 11 is 0. The van der Waals surface area contributed by atoms with Gasteiger partial charge in [-0.25, -0.2) is 4.79 Å². The summed E-state index contributed by atoms with van der Waals surface area (Å²) in [5.74, 6) is 0. The molecule has 2 rings (SSSR count). The van der Waals surface area contributed by atoms with E-state index in [-0.39, 0.29) is 19.5 Å². The van der Waals surface area contributed by atoms with E-state index >= 15 is 0 Å². The molecule has 0 radical (unpaired) electrons. The van der Waals surface area contributed by atoms with Gasteiger partial charge in [0.15, 0.2) is 0 Å². The third-order valence-corrected chi connectivity index (χ3v) is 4.13. The summed E-state index contributed by atoms with van der Waals surface area (Å²) in [5.41, 5.74) is 0.100. The van der Waals surface area contributed by atoms with E-state index in [4.69, 9.17) is 14.6 Å². The van der Waals surface area contributed by atoms with Gasteiger partial charge < -0.3 is 29.7 Å². The van der Waals surface area contributed by atoms with Crippen LogP contribution in [0.3, 0.4) is 0 Å². The molecule has 1 amide bonds. The largest absolute Gasteiger partial charge is 0.465 e. The van der Waals surface area contributed by atoms with Crippen LogP contribution in [-0.4, -0.2) is 65.8 Å². The van der Waals surface area contributed by atoms with Crippen molar-refractivity contribution in [3.8, 4) is 0 Å². The molecule has 128 valence electrons. The molecule has 0 aromatic heterocycles. The van der Waals surface area contributed by atoms with Gasteiger partial charge in [0.1, 0.15) is 11.7 Å². The number of piperidine rings is 1. The third kappa shape index (κ3) is 4.20. The molecule has 0 unspecified atom stereocenters. The van der Waals surface area contributed by atoms with E-state index in [9.17, 15) is 15.0 Å². The summed E-state index contributed by atoms with van der Waals surface area (Å²) in [7, 11) is 1.61. The predicted molar refractivity (Wildman–Crippen MR) is 82.1 cm³/mol. The SMILES string of the molecule is COCCOCc1ccc([C@@]2(O)CCN(C(=O)O)C[C@@H]2O)cc1. The lowest BCUT2D eigenvalue weighted by molar-refractivity contribution is -0.119. The Balaban J connectivity index is 1.99. The van der Waals surface area contributed by atoms with E-state index in [1.165, 1.54) is 0 Å². The second kappa shape index (κ2) is 7.74. The van der Waals surface area contributed by atoms with Crippen molar-refractivity contribution in [2.45, 2.75) is 24.7 Å². The van der Waals surface area contributed by atoms with E-state index < -0.39 is 17.8 Å². The van der Waals surface area contributed by atoms with Crippen molar-refractivity contribution in [3.63, 3.8) is 0 Å². The van der Waals surface area contributed by atoms with E-state index in [0.717, 1.165) is 10.5 Å². The molecular formula is C16H23NO6. The van der Waals surface area contributed by atoms with Gasteiger partial charge in [-0.05, 0) is 11.1 Å². The summed E-state index contributed by atoms with van der Waals surface area (Å²) in [6, 6.07) is 7.15. The van der Waals surface area contributed by atoms with Gasteiger partial charge in [0.05, 0.1) is 26.4 Å². The molecule has 7 heteroatoms. The van der Waals surface area contributed by atoms with E-state index in [1.807, 2.05) is 12.1 Å². The summed E-state index contributed by atoms with van der Waals surface area (Å²) in [4.78, 5) is 12.1. The zero-order valence-electron chi connectivity index (χ0n) is 13.1. The molecule has 3 N–H and O–H groups in total. The second-order valence-corrected chi connectivity index (χ2v) is 5.66. The number of ether oxygens (including phenoxy) is 2. The zero-order chi connectivity index (χ0) is 16.9. The minimum absolute atomic E-state index is 0.103. The van der Waals surface area contributed by atoms with Crippen molar-refractivity contribution in [1.29, 1.82) is 0 Å². The molecule has 1 fully saturated rings. The van der Waals surface area contributed by atoms with Crippen LogP contribution in [0.15, 0.2) is 24.3 Å². The molecule has 1 aromatic rings. The number of carboxylic acid groups (broad SMARTS) is 1. The highest BCUT2D eigenvalue weighted by Crippen LogP contribution is 2.33. The lowest BCUT2D eigenvalue weighted by Gasteiger charge is -2.41. The minimum Gasteiger partial charge on any atom is -0.465 e. The number of amides is 1. The molecule has 0 spiro atoms. The number of methoxy groups -OCH3 is 1. The molecule has 2 atom stereocenters. The first-order valence-corrected chi connectivity index (χ1v) is 7.52. The highest BCUT2D eigenvalue weighted by Gasteiger charge is 2.43. The van der Waals surface area contributed by atoms with E-state index in [0.29, 0.717) is 25.4 Å². The Hall–Kier alpha value is -1.67. The minimum atomic E-state index is -1.43. The monoisotopic (exact) mass is 325 g/mol. The average molecular weight is 325 g/mol.